The van der Waals surface area contributed by atoms with Crippen molar-refractivity contribution in [2.45, 2.75) is 13.8 Å². The summed E-state index contributed by atoms with van der Waals surface area (Å²) >= 11 is 1.32. The van der Waals surface area contributed by atoms with Crippen molar-refractivity contribution < 1.29 is 18.7 Å². The number of carbonyl (C=O) groups excluding carboxylic acids is 2. The molecule has 1 aliphatic heterocycles. The second-order valence-electron chi connectivity index (χ2n) is 7.09. The van der Waals surface area contributed by atoms with E-state index >= 15 is 0 Å². The van der Waals surface area contributed by atoms with Crippen LogP contribution in [-0.2, 0) is 4.79 Å². The number of amidine groups is 1. The molecule has 1 aliphatic rings. The fourth-order valence-electron chi connectivity index (χ4n) is 3.22. The van der Waals surface area contributed by atoms with E-state index in [2.05, 4.69) is 4.99 Å². The lowest BCUT2D eigenvalue weighted by molar-refractivity contribution is -0.122. The van der Waals surface area contributed by atoms with Crippen molar-refractivity contribution in [1.82, 2.24) is 4.90 Å². The molecular formula is C25H22N2O4S. The highest BCUT2D eigenvalue weighted by Crippen LogP contribution is 2.35. The Balaban J connectivity index is 1.57. The van der Waals surface area contributed by atoms with Crippen LogP contribution in [0.1, 0.15) is 30.0 Å². The van der Waals surface area contributed by atoms with E-state index in [9.17, 15) is 9.59 Å². The van der Waals surface area contributed by atoms with E-state index in [-0.39, 0.29) is 11.7 Å². The van der Waals surface area contributed by atoms with Crippen molar-refractivity contribution in [3.63, 3.8) is 0 Å². The summed E-state index contributed by atoms with van der Waals surface area (Å²) in [6.45, 7) is 3.97. The third kappa shape index (κ3) is 4.53. The van der Waals surface area contributed by atoms with Gasteiger partial charge in [0.1, 0.15) is 17.3 Å². The summed E-state index contributed by atoms with van der Waals surface area (Å²) < 4.78 is 11.1. The number of nitrogens with zero attached hydrogens (tertiary/aromatic N) is 2. The number of Topliss-reactive ketones (excluding diaryl/α,β-unsaturated/α-hetero) is 1. The van der Waals surface area contributed by atoms with Crippen molar-refractivity contribution in [3.05, 3.63) is 76.9 Å². The van der Waals surface area contributed by atoms with Gasteiger partial charge in [0.05, 0.1) is 17.7 Å². The van der Waals surface area contributed by atoms with Crippen molar-refractivity contribution in [3.8, 4) is 17.1 Å². The summed E-state index contributed by atoms with van der Waals surface area (Å²) in [5, 5.41) is 0.625. The molecule has 0 atom stereocenters. The zero-order chi connectivity index (χ0) is 22.7. The summed E-state index contributed by atoms with van der Waals surface area (Å²) in [6, 6.07) is 18.3. The molecule has 6 nitrogen and oxygen atoms in total. The largest absolute Gasteiger partial charge is 0.497 e. The number of hydrogen-bond donors (Lipinski definition) is 0. The lowest BCUT2D eigenvalue weighted by Gasteiger charge is -2.12. The number of aliphatic imine (C=N–C) groups is 1. The molecule has 32 heavy (non-hydrogen) atoms. The van der Waals surface area contributed by atoms with E-state index in [1.807, 2.05) is 55.5 Å². The molecule has 0 unspecified atom stereocenters. The highest BCUT2D eigenvalue weighted by molar-refractivity contribution is 8.18. The van der Waals surface area contributed by atoms with Gasteiger partial charge in [-0.1, -0.05) is 24.3 Å². The number of likely N-dealkylation sites (N-methyl/N-ethyl adjacent to an activating group) is 1. The van der Waals surface area contributed by atoms with Crippen molar-refractivity contribution in [1.29, 1.82) is 0 Å². The molecule has 0 radical (unpaired) electrons. The molecule has 0 bridgehead atoms. The second-order valence-corrected chi connectivity index (χ2v) is 8.10. The first-order valence-corrected chi connectivity index (χ1v) is 11.0. The molecule has 7 heteroatoms. The lowest BCUT2D eigenvalue weighted by atomic mass is 10.1. The molecule has 1 aromatic heterocycles. The van der Waals surface area contributed by atoms with Crippen molar-refractivity contribution in [2.75, 3.05) is 13.7 Å². The number of methoxy groups -OCH3 is 1. The summed E-state index contributed by atoms with van der Waals surface area (Å²) in [6.07, 6.45) is 1.74. The van der Waals surface area contributed by atoms with Gasteiger partial charge in [0.2, 0.25) is 0 Å². The first kappa shape index (κ1) is 21.6. The Hall–Kier alpha value is -3.58. The molecule has 2 heterocycles. The molecule has 0 spiro atoms. The van der Waals surface area contributed by atoms with Gasteiger partial charge in [-0.25, -0.2) is 4.99 Å². The van der Waals surface area contributed by atoms with Crippen LogP contribution >= 0.6 is 11.8 Å². The summed E-state index contributed by atoms with van der Waals surface area (Å²) in [7, 11) is 1.61. The van der Waals surface area contributed by atoms with Gasteiger partial charge < -0.3 is 9.15 Å². The molecule has 0 aliphatic carbocycles. The van der Waals surface area contributed by atoms with E-state index in [4.69, 9.17) is 9.15 Å². The topological polar surface area (TPSA) is 72.1 Å². The van der Waals surface area contributed by atoms with Gasteiger partial charge in [0, 0.05) is 23.7 Å². The minimum absolute atomic E-state index is 0.0192. The standard InChI is InChI=1S/C25H22N2O4S/c1-4-27-24(29)23(32-25(27)26-19-9-11-20(30-3)12-10-19)15-21-13-14-22(31-21)18-7-5-17(6-8-18)16(2)28/h5-15H,4H2,1-3H3/b23-15+,26-25?. The average Bonchev–Trinajstić information content (AvgIpc) is 3.39. The van der Waals surface area contributed by atoms with Crippen LogP contribution in [0, 0.1) is 0 Å². The fourth-order valence-corrected chi connectivity index (χ4v) is 4.26. The molecule has 162 valence electrons. The lowest BCUT2D eigenvalue weighted by Crippen LogP contribution is -2.28. The van der Waals surface area contributed by atoms with Gasteiger partial charge in [0.25, 0.3) is 5.91 Å². The number of rotatable bonds is 6. The molecular weight excluding hydrogens is 424 g/mol. The predicted molar refractivity (Wildman–Crippen MR) is 127 cm³/mol. The van der Waals surface area contributed by atoms with E-state index in [1.165, 1.54) is 18.7 Å². The van der Waals surface area contributed by atoms with E-state index in [1.54, 1.807) is 30.2 Å². The normalized spacial score (nSPS) is 16.2. The third-order valence-corrected chi connectivity index (χ3v) is 5.98. The molecule has 2 aromatic carbocycles. The van der Waals surface area contributed by atoms with Crippen LogP contribution in [0.5, 0.6) is 5.75 Å². The van der Waals surface area contributed by atoms with Gasteiger partial charge in [-0.2, -0.15) is 0 Å². The smallest absolute Gasteiger partial charge is 0.266 e. The number of ether oxygens (including phenoxy) is 1. The number of hydrogen-bond acceptors (Lipinski definition) is 6. The van der Waals surface area contributed by atoms with Gasteiger partial charge in [-0.05, 0) is 62.0 Å². The molecule has 1 saturated heterocycles. The Morgan fingerprint density at radius 3 is 2.44 bits per heavy atom. The highest BCUT2D eigenvalue weighted by Gasteiger charge is 2.32. The SMILES string of the molecule is CCN1C(=O)/C(=C\c2ccc(-c3ccc(C(C)=O)cc3)o2)SC1=Nc1ccc(OC)cc1. The van der Waals surface area contributed by atoms with Crippen LogP contribution in [0.4, 0.5) is 5.69 Å². The fraction of sp³-hybridized carbons (Fsp3) is 0.160. The van der Waals surface area contributed by atoms with Crippen molar-refractivity contribution in [2.24, 2.45) is 4.99 Å². The number of benzene rings is 2. The third-order valence-electron chi connectivity index (χ3n) is 4.98. The van der Waals surface area contributed by atoms with Crippen LogP contribution in [0.25, 0.3) is 17.4 Å². The van der Waals surface area contributed by atoms with Crippen LogP contribution in [0.3, 0.4) is 0 Å². The Bertz CT molecular complexity index is 1210. The Kier molecular flexibility index (Phi) is 6.28. The van der Waals surface area contributed by atoms with E-state index in [0.717, 1.165) is 17.0 Å². The van der Waals surface area contributed by atoms with E-state index < -0.39 is 0 Å². The number of carbonyl (C=O) groups is 2. The minimum Gasteiger partial charge on any atom is -0.497 e. The summed E-state index contributed by atoms with van der Waals surface area (Å²) in [5.41, 5.74) is 2.26. The molecule has 1 amide bonds. The zero-order valence-corrected chi connectivity index (χ0v) is 18.8. The van der Waals surface area contributed by atoms with Gasteiger partial charge in [-0.3, -0.25) is 14.5 Å². The maximum absolute atomic E-state index is 12.9. The Morgan fingerprint density at radius 1 is 1.09 bits per heavy atom. The van der Waals surface area contributed by atoms with E-state index in [0.29, 0.717) is 33.7 Å². The minimum atomic E-state index is -0.103. The number of ketones is 1. The van der Waals surface area contributed by atoms with Crippen LogP contribution < -0.4 is 4.74 Å². The zero-order valence-electron chi connectivity index (χ0n) is 18.0. The highest BCUT2D eigenvalue weighted by atomic mass is 32.2. The van der Waals surface area contributed by atoms with Crippen LogP contribution in [-0.4, -0.2) is 35.4 Å². The average molecular weight is 447 g/mol. The van der Waals surface area contributed by atoms with Crippen LogP contribution in [0.2, 0.25) is 0 Å². The number of thioether (sulfide) groups is 1. The summed E-state index contributed by atoms with van der Waals surface area (Å²) in [5.74, 6) is 1.91. The molecule has 1 fully saturated rings. The molecule has 3 aromatic rings. The quantitative estimate of drug-likeness (QED) is 0.354. The molecule has 0 saturated carbocycles. The number of amides is 1. The van der Waals surface area contributed by atoms with Gasteiger partial charge in [-0.15, -0.1) is 0 Å². The molecule has 0 N–H and O–H groups in total. The first-order chi connectivity index (χ1) is 15.5. The first-order valence-electron chi connectivity index (χ1n) is 10.1. The maximum Gasteiger partial charge on any atom is 0.266 e. The Labute approximate surface area is 190 Å². The number of furan rings is 1. The second kappa shape index (κ2) is 9.28. The predicted octanol–water partition coefficient (Wildman–Crippen LogP) is 5.78. The van der Waals surface area contributed by atoms with Gasteiger partial charge >= 0.3 is 0 Å². The molecule has 4 rings (SSSR count). The monoisotopic (exact) mass is 446 g/mol. The van der Waals surface area contributed by atoms with Gasteiger partial charge in [0.15, 0.2) is 11.0 Å². The van der Waals surface area contributed by atoms with Crippen LogP contribution in [0.15, 0.2) is 75.0 Å². The maximum atomic E-state index is 12.9. The summed E-state index contributed by atoms with van der Waals surface area (Å²) in [4.78, 5) is 31.2. The Morgan fingerprint density at radius 2 is 1.81 bits per heavy atom. The van der Waals surface area contributed by atoms with Crippen molar-refractivity contribution >= 4 is 40.4 Å².